The zero-order valence-corrected chi connectivity index (χ0v) is 17.8. The lowest BCUT2D eigenvalue weighted by Crippen LogP contribution is -2.25. The predicted molar refractivity (Wildman–Crippen MR) is 117 cm³/mol. The summed E-state index contributed by atoms with van der Waals surface area (Å²) in [5.41, 5.74) is 3.65. The Morgan fingerprint density at radius 3 is 2.63 bits per heavy atom. The Bertz CT molecular complexity index is 980. The van der Waals surface area contributed by atoms with E-state index in [0.29, 0.717) is 26.0 Å². The highest BCUT2D eigenvalue weighted by Crippen LogP contribution is 2.32. The molecule has 0 saturated heterocycles. The minimum absolute atomic E-state index is 0.0222. The number of carbonyl (C=O) groups excluding carboxylic acids is 1. The minimum Gasteiger partial charge on any atom is -0.497 e. The Morgan fingerprint density at radius 2 is 1.93 bits per heavy atom. The molecule has 2 N–H and O–H groups in total. The first-order valence-corrected chi connectivity index (χ1v) is 10.3. The number of hydrogen-bond acceptors (Lipinski definition) is 3. The molecule has 3 rings (SSSR count). The van der Waals surface area contributed by atoms with Gasteiger partial charge in [-0.1, -0.05) is 0 Å². The van der Waals surface area contributed by atoms with Crippen LogP contribution in [0.2, 0.25) is 0 Å². The van der Waals surface area contributed by atoms with E-state index in [4.69, 9.17) is 9.47 Å². The lowest BCUT2D eigenvalue weighted by atomic mass is 10.0. The quantitative estimate of drug-likeness (QED) is 0.468. The summed E-state index contributed by atoms with van der Waals surface area (Å²) in [5, 5.41) is 3.74. The van der Waals surface area contributed by atoms with E-state index in [2.05, 4.69) is 10.3 Å². The molecular weight excluding hydrogens is 383 g/mol. The van der Waals surface area contributed by atoms with E-state index in [0.717, 1.165) is 39.9 Å². The Labute approximate surface area is 176 Å². The fourth-order valence-electron chi connectivity index (χ4n) is 3.43. The Hall–Kier alpha value is -2.86. The highest BCUT2D eigenvalue weighted by molar-refractivity contribution is 5.91. The van der Waals surface area contributed by atoms with Crippen molar-refractivity contribution in [1.29, 1.82) is 0 Å². The molecular formula is C24H29FN2O3. The lowest BCUT2D eigenvalue weighted by molar-refractivity contribution is -0.121. The van der Waals surface area contributed by atoms with E-state index in [-0.39, 0.29) is 17.8 Å². The number of aromatic nitrogens is 1. The first-order chi connectivity index (χ1) is 14.5. The second kappa shape index (κ2) is 10.3. The van der Waals surface area contributed by atoms with Crippen LogP contribution >= 0.6 is 0 Å². The average molecular weight is 413 g/mol. The number of benzene rings is 2. The van der Waals surface area contributed by atoms with Crippen molar-refractivity contribution in [3.05, 3.63) is 53.8 Å². The largest absolute Gasteiger partial charge is 0.497 e. The average Bonchev–Trinajstić information content (AvgIpc) is 3.09. The summed E-state index contributed by atoms with van der Waals surface area (Å²) >= 11 is 0. The number of fused-ring (bicyclic) bond motifs is 1. The fraction of sp³-hybridized carbons (Fsp3) is 0.375. The van der Waals surface area contributed by atoms with Crippen molar-refractivity contribution in [2.75, 3.05) is 20.3 Å². The number of aryl methyl sites for hydroxylation is 1. The van der Waals surface area contributed by atoms with Gasteiger partial charge in [0.2, 0.25) is 5.91 Å². The van der Waals surface area contributed by atoms with Gasteiger partial charge in [-0.05, 0) is 80.3 Å². The van der Waals surface area contributed by atoms with Gasteiger partial charge in [0.1, 0.15) is 11.6 Å². The minimum atomic E-state index is -0.293. The summed E-state index contributed by atoms with van der Waals surface area (Å²) in [6.07, 6.45) is 1.81. The highest BCUT2D eigenvalue weighted by atomic mass is 19.1. The number of ether oxygens (including phenoxy) is 2. The standard InChI is InChI=1S/C24H29FN2O3/c1-16(2)30-14-4-13-26-23(28)12-10-20-21-15-18(25)7-11-22(21)27-24(20)17-5-8-19(29-3)9-6-17/h5-9,11,15-16,27H,4,10,12-14H2,1-3H3,(H,26,28). The number of rotatable bonds is 10. The van der Waals surface area contributed by atoms with Gasteiger partial charge in [-0.3, -0.25) is 4.79 Å². The van der Waals surface area contributed by atoms with Crippen LogP contribution in [0.3, 0.4) is 0 Å². The van der Waals surface area contributed by atoms with Crippen molar-refractivity contribution >= 4 is 16.8 Å². The van der Waals surface area contributed by atoms with Crippen molar-refractivity contribution in [2.24, 2.45) is 0 Å². The first kappa shape index (κ1) is 21.8. The molecule has 0 aliphatic heterocycles. The molecule has 160 valence electrons. The van der Waals surface area contributed by atoms with E-state index in [9.17, 15) is 9.18 Å². The number of H-pyrrole nitrogens is 1. The molecule has 0 saturated carbocycles. The number of halogens is 1. The zero-order valence-electron chi connectivity index (χ0n) is 17.8. The van der Waals surface area contributed by atoms with Crippen molar-refractivity contribution in [2.45, 2.75) is 39.2 Å². The van der Waals surface area contributed by atoms with Gasteiger partial charge in [0.05, 0.1) is 13.2 Å². The second-order valence-corrected chi connectivity index (χ2v) is 7.52. The van der Waals surface area contributed by atoms with Gasteiger partial charge in [0, 0.05) is 36.2 Å². The molecule has 6 heteroatoms. The molecule has 0 unspecified atom stereocenters. The number of carbonyl (C=O) groups is 1. The Balaban J connectivity index is 1.73. The number of aromatic amines is 1. The van der Waals surface area contributed by atoms with Gasteiger partial charge < -0.3 is 19.8 Å². The van der Waals surface area contributed by atoms with Crippen LogP contribution in [0.15, 0.2) is 42.5 Å². The lowest BCUT2D eigenvalue weighted by Gasteiger charge is -2.09. The predicted octanol–water partition coefficient (Wildman–Crippen LogP) is 4.85. The van der Waals surface area contributed by atoms with Crippen LogP contribution in [0.1, 0.15) is 32.3 Å². The summed E-state index contributed by atoms with van der Waals surface area (Å²) in [7, 11) is 1.62. The molecule has 0 atom stereocenters. The summed E-state index contributed by atoms with van der Waals surface area (Å²) in [6, 6.07) is 12.4. The molecule has 0 bridgehead atoms. The van der Waals surface area contributed by atoms with Gasteiger partial charge in [0.15, 0.2) is 0 Å². The maximum absolute atomic E-state index is 13.9. The first-order valence-electron chi connectivity index (χ1n) is 10.3. The molecule has 0 aliphatic rings. The van der Waals surface area contributed by atoms with Gasteiger partial charge in [-0.25, -0.2) is 4.39 Å². The topological polar surface area (TPSA) is 63.4 Å². The third kappa shape index (κ3) is 5.60. The van der Waals surface area contributed by atoms with Gasteiger partial charge >= 0.3 is 0 Å². The van der Waals surface area contributed by atoms with Crippen LogP contribution < -0.4 is 10.1 Å². The van der Waals surface area contributed by atoms with E-state index in [1.165, 1.54) is 12.1 Å². The van der Waals surface area contributed by atoms with Gasteiger partial charge in [-0.2, -0.15) is 0 Å². The van der Waals surface area contributed by atoms with Crippen molar-refractivity contribution in [3.63, 3.8) is 0 Å². The summed E-state index contributed by atoms with van der Waals surface area (Å²) in [5.74, 6) is 0.452. The number of hydrogen-bond donors (Lipinski definition) is 2. The molecule has 0 radical (unpaired) electrons. The molecule has 30 heavy (non-hydrogen) atoms. The molecule has 1 aromatic heterocycles. The molecule has 1 amide bonds. The Morgan fingerprint density at radius 1 is 1.17 bits per heavy atom. The summed E-state index contributed by atoms with van der Waals surface area (Å²) in [4.78, 5) is 15.7. The zero-order chi connectivity index (χ0) is 21.5. The smallest absolute Gasteiger partial charge is 0.220 e. The number of amides is 1. The molecule has 0 fully saturated rings. The van der Waals surface area contributed by atoms with E-state index < -0.39 is 0 Å². The molecule has 5 nitrogen and oxygen atoms in total. The second-order valence-electron chi connectivity index (χ2n) is 7.52. The Kier molecular flexibility index (Phi) is 7.46. The monoisotopic (exact) mass is 412 g/mol. The summed E-state index contributed by atoms with van der Waals surface area (Å²) < 4.78 is 24.6. The normalized spacial score (nSPS) is 11.2. The van der Waals surface area contributed by atoms with E-state index >= 15 is 0 Å². The molecule has 1 heterocycles. The van der Waals surface area contributed by atoms with Crippen LogP contribution in [0.5, 0.6) is 5.75 Å². The third-order valence-corrected chi connectivity index (χ3v) is 4.94. The van der Waals surface area contributed by atoms with Crippen LogP contribution in [-0.4, -0.2) is 37.3 Å². The maximum Gasteiger partial charge on any atom is 0.220 e. The third-order valence-electron chi connectivity index (χ3n) is 4.94. The van der Waals surface area contributed by atoms with Crippen LogP contribution in [-0.2, 0) is 16.0 Å². The molecule has 2 aromatic carbocycles. The van der Waals surface area contributed by atoms with E-state index in [1.54, 1.807) is 13.2 Å². The van der Waals surface area contributed by atoms with Crippen molar-refractivity contribution in [3.8, 4) is 17.0 Å². The maximum atomic E-state index is 13.9. The van der Waals surface area contributed by atoms with Gasteiger partial charge in [0.25, 0.3) is 0 Å². The SMILES string of the molecule is COc1ccc(-c2[nH]c3ccc(F)cc3c2CCC(=O)NCCCOC(C)C)cc1. The molecule has 3 aromatic rings. The molecule has 0 aliphatic carbocycles. The van der Waals surface area contributed by atoms with Crippen LogP contribution in [0.25, 0.3) is 22.2 Å². The van der Waals surface area contributed by atoms with Crippen LogP contribution in [0, 0.1) is 5.82 Å². The summed E-state index contributed by atoms with van der Waals surface area (Å²) in [6.45, 7) is 5.19. The van der Waals surface area contributed by atoms with Gasteiger partial charge in [-0.15, -0.1) is 0 Å². The van der Waals surface area contributed by atoms with Crippen LogP contribution in [0.4, 0.5) is 4.39 Å². The number of methoxy groups -OCH3 is 1. The highest BCUT2D eigenvalue weighted by Gasteiger charge is 2.15. The molecule has 0 spiro atoms. The van der Waals surface area contributed by atoms with Crippen molar-refractivity contribution in [1.82, 2.24) is 10.3 Å². The number of nitrogens with one attached hydrogen (secondary N) is 2. The van der Waals surface area contributed by atoms with E-state index in [1.807, 2.05) is 38.1 Å². The van der Waals surface area contributed by atoms with Crippen molar-refractivity contribution < 1.29 is 18.7 Å². The fourth-order valence-corrected chi connectivity index (χ4v) is 3.43.